The second-order valence-corrected chi connectivity index (χ2v) is 5.90. The van der Waals surface area contributed by atoms with Crippen LogP contribution in [0.15, 0.2) is 42.7 Å². The molecule has 0 aliphatic carbocycles. The van der Waals surface area contributed by atoms with E-state index in [0.717, 1.165) is 24.3 Å². The van der Waals surface area contributed by atoms with Crippen molar-refractivity contribution in [2.45, 2.75) is 18.9 Å². The van der Waals surface area contributed by atoms with Crippen LogP contribution in [0.1, 0.15) is 35.1 Å². The van der Waals surface area contributed by atoms with Gasteiger partial charge in [0.05, 0.1) is 11.6 Å². The summed E-state index contributed by atoms with van der Waals surface area (Å²) in [5.74, 6) is 0.748. The van der Waals surface area contributed by atoms with Gasteiger partial charge in [0.1, 0.15) is 5.15 Å². The van der Waals surface area contributed by atoms with Gasteiger partial charge in [0, 0.05) is 18.9 Å². The summed E-state index contributed by atoms with van der Waals surface area (Å²) in [5, 5.41) is 8.86. The van der Waals surface area contributed by atoms with E-state index in [4.69, 9.17) is 11.6 Å². The summed E-state index contributed by atoms with van der Waals surface area (Å²) in [7, 11) is 0. The van der Waals surface area contributed by atoms with Crippen LogP contribution < -0.4 is 0 Å². The molecule has 0 spiro atoms. The van der Waals surface area contributed by atoms with Crippen molar-refractivity contribution < 1.29 is 4.79 Å². The number of amides is 1. The summed E-state index contributed by atoms with van der Waals surface area (Å²) in [6.45, 7) is 0.702. The molecule has 0 bridgehead atoms. The quantitative estimate of drug-likeness (QED) is 0.679. The Bertz CT molecular complexity index is 860. The molecule has 116 valence electrons. The van der Waals surface area contributed by atoms with E-state index >= 15 is 0 Å². The lowest BCUT2D eigenvalue weighted by Crippen LogP contribution is -2.31. The lowest BCUT2D eigenvalue weighted by atomic mass is 10.2. The summed E-state index contributed by atoms with van der Waals surface area (Å²) in [5.41, 5.74) is 1.32. The highest BCUT2D eigenvalue weighted by molar-refractivity contribution is 6.29. The van der Waals surface area contributed by atoms with Crippen LogP contribution in [0.25, 0.3) is 5.65 Å². The number of carbonyl (C=O) groups is 1. The number of pyridine rings is 2. The van der Waals surface area contributed by atoms with Crippen LogP contribution in [0.5, 0.6) is 0 Å². The van der Waals surface area contributed by atoms with E-state index < -0.39 is 0 Å². The molecule has 1 fully saturated rings. The van der Waals surface area contributed by atoms with Crippen molar-refractivity contribution in [3.05, 3.63) is 59.3 Å². The zero-order valence-electron chi connectivity index (χ0n) is 12.3. The summed E-state index contributed by atoms with van der Waals surface area (Å²) in [6.07, 6.45) is 5.26. The molecule has 1 amide bonds. The molecule has 6 nitrogen and oxygen atoms in total. The maximum Gasteiger partial charge on any atom is 0.256 e. The van der Waals surface area contributed by atoms with Crippen molar-refractivity contribution in [1.82, 2.24) is 24.5 Å². The number of fused-ring (bicyclic) bond motifs is 1. The minimum Gasteiger partial charge on any atom is -0.328 e. The van der Waals surface area contributed by atoms with Crippen molar-refractivity contribution in [2.24, 2.45) is 0 Å². The fourth-order valence-electron chi connectivity index (χ4n) is 3.03. The monoisotopic (exact) mass is 327 g/mol. The van der Waals surface area contributed by atoms with Crippen LogP contribution in [0, 0.1) is 0 Å². The number of likely N-dealkylation sites (tertiary alicyclic amines) is 1. The van der Waals surface area contributed by atoms with Crippen LogP contribution in [0.3, 0.4) is 0 Å². The number of hydrogen-bond acceptors (Lipinski definition) is 4. The van der Waals surface area contributed by atoms with Gasteiger partial charge in [-0.05, 0) is 37.1 Å². The maximum absolute atomic E-state index is 12.8. The number of hydrogen-bond donors (Lipinski definition) is 0. The Kier molecular flexibility index (Phi) is 3.46. The third kappa shape index (κ3) is 2.45. The molecule has 0 N–H and O–H groups in total. The van der Waals surface area contributed by atoms with Gasteiger partial charge in [0.25, 0.3) is 5.91 Å². The first-order chi connectivity index (χ1) is 11.2. The molecule has 0 unspecified atom stereocenters. The van der Waals surface area contributed by atoms with Crippen molar-refractivity contribution in [2.75, 3.05) is 6.54 Å². The topological polar surface area (TPSA) is 63.4 Å². The molecule has 4 rings (SSSR count). The van der Waals surface area contributed by atoms with E-state index in [2.05, 4.69) is 15.2 Å². The molecule has 0 aromatic carbocycles. The number of nitrogens with zero attached hydrogens (tertiary/aromatic N) is 5. The third-order valence-corrected chi connectivity index (χ3v) is 4.35. The van der Waals surface area contributed by atoms with Gasteiger partial charge in [-0.1, -0.05) is 17.7 Å². The lowest BCUT2D eigenvalue weighted by Gasteiger charge is -2.23. The molecule has 1 saturated heterocycles. The predicted molar refractivity (Wildman–Crippen MR) is 85.2 cm³/mol. The van der Waals surface area contributed by atoms with E-state index in [-0.39, 0.29) is 11.9 Å². The van der Waals surface area contributed by atoms with Crippen molar-refractivity contribution in [3.63, 3.8) is 0 Å². The molecular weight excluding hydrogens is 314 g/mol. The minimum absolute atomic E-state index is 0.0515. The molecule has 3 aromatic heterocycles. The van der Waals surface area contributed by atoms with E-state index in [1.807, 2.05) is 33.7 Å². The second kappa shape index (κ2) is 5.62. The van der Waals surface area contributed by atoms with Crippen LogP contribution in [-0.2, 0) is 0 Å². The van der Waals surface area contributed by atoms with E-state index in [9.17, 15) is 4.79 Å². The highest BCUT2D eigenvalue weighted by atomic mass is 35.5. The minimum atomic E-state index is -0.0735. The third-order valence-electron chi connectivity index (χ3n) is 4.13. The van der Waals surface area contributed by atoms with Crippen molar-refractivity contribution in [1.29, 1.82) is 0 Å². The number of carbonyl (C=O) groups excluding carboxylic acids is 1. The zero-order chi connectivity index (χ0) is 15.8. The van der Waals surface area contributed by atoms with Crippen LogP contribution in [-0.4, -0.2) is 36.9 Å². The summed E-state index contributed by atoms with van der Waals surface area (Å²) < 4.78 is 1.94. The number of aromatic nitrogens is 4. The Morgan fingerprint density at radius 3 is 2.96 bits per heavy atom. The largest absolute Gasteiger partial charge is 0.328 e. The fourth-order valence-corrected chi connectivity index (χ4v) is 3.15. The fraction of sp³-hybridized carbons (Fsp3) is 0.250. The van der Waals surface area contributed by atoms with Crippen LogP contribution in [0.2, 0.25) is 5.15 Å². The molecule has 23 heavy (non-hydrogen) atoms. The average molecular weight is 328 g/mol. The first kappa shape index (κ1) is 14.1. The lowest BCUT2D eigenvalue weighted by molar-refractivity contribution is 0.0729. The average Bonchev–Trinajstić information content (AvgIpc) is 3.21. The van der Waals surface area contributed by atoms with Gasteiger partial charge < -0.3 is 4.90 Å². The van der Waals surface area contributed by atoms with Gasteiger partial charge in [-0.3, -0.25) is 9.20 Å². The first-order valence-corrected chi connectivity index (χ1v) is 7.84. The Morgan fingerprint density at radius 1 is 1.22 bits per heavy atom. The van der Waals surface area contributed by atoms with Gasteiger partial charge in [0.2, 0.25) is 0 Å². The van der Waals surface area contributed by atoms with Crippen LogP contribution in [0.4, 0.5) is 0 Å². The Labute approximate surface area is 137 Å². The number of halogens is 1. The van der Waals surface area contributed by atoms with E-state index in [1.165, 1.54) is 6.20 Å². The molecule has 0 radical (unpaired) electrons. The van der Waals surface area contributed by atoms with Gasteiger partial charge in [-0.25, -0.2) is 4.98 Å². The molecule has 1 aliphatic rings. The van der Waals surface area contributed by atoms with Crippen LogP contribution >= 0.6 is 11.6 Å². The normalized spacial score (nSPS) is 17.8. The van der Waals surface area contributed by atoms with Gasteiger partial charge >= 0.3 is 0 Å². The standard InChI is InChI=1S/C16H14ClN5O/c17-13-7-6-11(10-18-13)16(23)21-9-3-4-12(21)15-20-19-14-5-1-2-8-22(14)15/h1-2,5-8,10,12H,3-4,9H2/t12-/m0/s1. The highest BCUT2D eigenvalue weighted by Crippen LogP contribution is 2.32. The Hall–Kier alpha value is -2.47. The molecule has 4 heterocycles. The zero-order valence-corrected chi connectivity index (χ0v) is 13.0. The van der Waals surface area contributed by atoms with Crippen molar-refractivity contribution >= 4 is 23.2 Å². The molecule has 1 atom stereocenters. The smallest absolute Gasteiger partial charge is 0.256 e. The Balaban J connectivity index is 1.69. The van der Waals surface area contributed by atoms with Gasteiger partial charge in [-0.2, -0.15) is 0 Å². The molecule has 7 heteroatoms. The van der Waals surface area contributed by atoms with E-state index in [1.54, 1.807) is 12.1 Å². The van der Waals surface area contributed by atoms with Gasteiger partial charge in [0.15, 0.2) is 11.5 Å². The first-order valence-electron chi connectivity index (χ1n) is 7.46. The number of rotatable bonds is 2. The predicted octanol–water partition coefficient (Wildman–Crippen LogP) is 2.76. The molecule has 0 saturated carbocycles. The summed E-state index contributed by atoms with van der Waals surface area (Å²) in [6, 6.07) is 9.02. The second-order valence-electron chi connectivity index (χ2n) is 5.51. The molecular formula is C16H14ClN5O. The summed E-state index contributed by atoms with van der Waals surface area (Å²) in [4.78, 5) is 18.6. The highest BCUT2D eigenvalue weighted by Gasteiger charge is 2.33. The van der Waals surface area contributed by atoms with Crippen molar-refractivity contribution in [3.8, 4) is 0 Å². The SMILES string of the molecule is O=C(c1ccc(Cl)nc1)N1CCC[C@H]1c1nnc2ccccn12. The Morgan fingerprint density at radius 2 is 2.13 bits per heavy atom. The molecule has 1 aliphatic heterocycles. The van der Waals surface area contributed by atoms with Gasteiger partial charge in [-0.15, -0.1) is 10.2 Å². The summed E-state index contributed by atoms with van der Waals surface area (Å²) >= 11 is 5.79. The molecule has 3 aromatic rings. The maximum atomic E-state index is 12.8. The van der Waals surface area contributed by atoms with E-state index in [0.29, 0.717) is 17.3 Å².